The van der Waals surface area contributed by atoms with E-state index in [-0.39, 0.29) is 18.4 Å². The maximum Gasteiger partial charge on any atom is 0.255 e. The van der Waals surface area contributed by atoms with Crippen LogP contribution in [0.1, 0.15) is 23.2 Å². The van der Waals surface area contributed by atoms with E-state index in [2.05, 4.69) is 15.9 Å². The van der Waals surface area contributed by atoms with Crippen molar-refractivity contribution in [2.45, 2.75) is 12.8 Å². The molecule has 6 heteroatoms. The number of nitrogens with two attached hydrogens (primary N) is 1. The molecule has 5 nitrogen and oxygen atoms in total. The van der Waals surface area contributed by atoms with Gasteiger partial charge in [-0.25, -0.2) is 0 Å². The Kier molecular flexibility index (Phi) is 4.65. The molecule has 0 unspecified atom stereocenters. The largest absolute Gasteiger partial charge is 0.398 e. The summed E-state index contributed by atoms with van der Waals surface area (Å²) < 4.78 is 0.575. The lowest BCUT2D eigenvalue weighted by molar-refractivity contribution is -0.130. The number of likely N-dealkylation sites (N-methyl/N-ethyl adjacent to an activating group) is 1. The van der Waals surface area contributed by atoms with Gasteiger partial charge in [0, 0.05) is 25.8 Å². The van der Waals surface area contributed by atoms with Gasteiger partial charge in [-0.2, -0.15) is 0 Å². The summed E-state index contributed by atoms with van der Waals surface area (Å²) in [6.07, 6.45) is 2.09. The number of halogens is 1. The van der Waals surface area contributed by atoms with Crippen molar-refractivity contribution in [3.63, 3.8) is 0 Å². The van der Waals surface area contributed by atoms with Crippen molar-refractivity contribution in [3.8, 4) is 0 Å². The molecule has 2 N–H and O–H groups in total. The third-order valence-corrected chi connectivity index (χ3v) is 4.32. The van der Waals surface area contributed by atoms with Crippen LogP contribution in [-0.4, -0.2) is 48.3 Å². The number of rotatable bonds is 3. The van der Waals surface area contributed by atoms with E-state index >= 15 is 0 Å². The van der Waals surface area contributed by atoms with E-state index in [0.29, 0.717) is 15.7 Å². The van der Waals surface area contributed by atoms with Gasteiger partial charge in [-0.15, -0.1) is 0 Å². The lowest BCUT2D eigenvalue weighted by atomic mass is 10.2. The van der Waals surface area contributed by atoms with Gasteiger partial charge in [0.25, 0.3) is 5.91 Å². The highest BCUT2D eigenvalue weighted by Crippen LogP contribution is 2.24. The smallest absolute Gasteiger partial charge is 0.255 e. The Balaban J connectivity index is 2.04. The number of nitrogens with zero attached hydrogens (tertiary/aromatic N) is 2. The molecule has 1 aliphatic rings. The number of nitrogen functional groups attached to an aromatic ring is 1. The van der Waals surface area contributed by atoms with Crippen LogP contribution in [0.5, 0.6) is 0 Å². The molecule has 0 aliphatic carbocycles. The zero-order valence-corrected chi connectivity index (χ0v) is 13.0. The quantitative estimate of drug-likeness (QED) is 0.852. The lowest BCUT2D eigenvalue weighted by Crippen LogP contribution is -2.39. The minimum absolute atomic E-state index is 0.00150. The minimum Gasteiger partial charge on any atom is -0.398 e. The first-order chi connectivity index (χ1) is 9.50. The number of carbonyl (C=O) groups excluding carboxylic acids is 2. The van der Waals surface area contributed by atoms with E-state index in [4.69, 9.17) is 5.73 Å². The summed E-state index contributed by atoms with van der Waals surface area (Å²) in [5.41, 5.74) is 6.75. The van der Waals surface area contributed by atoms with E-state index in [0.717, 1.165) is 25.9 Å². The molecule has 1 fully saturated rings. The average molecular weight is 340 g/mol. The number of carbonyl (C=O) groups is 2. The molecule has 0 aromatic heterocycles. The first-order valence-corrected chi connectivity index (χ1v) is 7.37. The molecule has 0 bridgehead atoms. The van der Waals surface area contributed by atoms with Crippen molar-refractivity contribution >= 4 is 33.4 Å². The molecular weight excluding hydrogens is 322 g/mol. The van der Waals surface area contributed by atoms with Gasteiger partial charge in [-0.05, 0) is 40.9 Å². The van der Waals surface area contributed by atoms with E-state index in [1.807, 2.05) is 0 Å². The molecule has 1 aromatic carbocycles. The summed E-state index contributed by atoms with van der Waals surface area (Å²) in [5, 5.41) is 0. The highest BCUT2D eigenvalue weighted by molar-refractivity contribution is 9.10. The molecule has 1 heterocycles. The Morgan fingerprint density at radius 3 is 2.65 bits per heavy atom. The summed E-state index contributed by atoms with van der Waals surface area (Å²) in [4.78, 5) is 27.6. The molecule has 1 aromatic rings. The van der Waals surface area contributed by atoms with Gasteiger partial charge in [0.15, 0.2) is 0 Å². The Morgan fingerprint density at radius 1 is 1.35 bits per heavy atom. The van der Waals surface area contributed by atoms with Crippen molar-refractivity contribution in [3.05, 3.63) is 28.2 Å². The van der Waals surface area contributed by atoms with Crippen molar-refractivity contribution in [2.75, 3.05) is 32.4 Å². The number of benzene rings is 1. The van der Waals surface area contributed by atoms with Crippen LogP contribution in [0, 0.1) is 0 Å². The van der Waals surface area contributed by atoms with Crippen LogP contribution >= 0.6 is 15.9 Å². The molecule has 0 atom stereocenters. The number of amides is 2. The van der Waals surface area contributed by atoms with E-state index < -0.39 is 0 Å². The standard InChI is InChI=1S/C14H18BrN3O2/c1-17(9-12(19)18-7-2-3-8-18)14(20)10-5-4-6-11(16)13(10)15/h4-6H,2-3,7-9,16H2,1H3. The number of anilines is 1. The van der Waals surface area contributed by atoms with Crippen molar-refractivity contribution in [1.82, 2.24) is 9.80 Å². The van der Waals surface area contributed by atoms with Gasteiger partial charge in [-0.3, -0.25) is 9.59 Å². The third-order valence-electron chi connectivity index (χ3n) is 3.44. The second-order valence-corrected chi connectivity index (χ2v) is 5.75. The molecule has 0 radical (unpaired) electrons. The summed E-state index contributed by atoms with van der Waals surface area (Å²) in [5.74, 6) is -0.213. The van der Waals surface area contributed by atoms with Crippen molar-refractivity contribution < 1.29 is 9.59 Å². The average Bonchev–Trinajstić information content (AvgIpc) is 2.95. The van der Waals surface area contributed by atoms with Gasteiger partial charge < -0.3 is 15.5 Å². The SMILES string of the molecule is CN(CC(=O)N1CCCC1)C(=O)c1cccc(N)c1Br. The molecule has 2 rings (SSSR count). The van der Waals surface area contributed by atoms with Crippen LogP contribution in [0.15, 0.2) is 22.7 Å². The Hall–Kier alpha value is -1.56. The number of hydrogen-bond acceptors (Lipinski definition) is 3. The summed E-state index contributed by atoms with van der Waals surface area (Å²) in [7, 11) is 1.63. The molecular formula is C14H18BrN3O2. The number of likely N-dealkylation sites (tertiary alicyclic amines) is 1. The van der Waals surface area contributed by atoms with Crippen LogP contribution in [0.4, 0.5) is 5.69 Å². The van der Waals surface area contributed by atoms with Crippen molar-refractivity contribution in [2.24, 2.45) is 0 Å². The maximum absolute atomic E-state index is 12.3. The highest BCUT2D eigenvalue weighted by Gasteiger charge is 2.22. The monoisotopic (exact) mass is 339 g/mol. The fourth-order valence-electron chi connectivity index (χ4n) is 2.26. The lowest BCUT2D eigenvalue weighted by Gasteiger charge is -2.22. The highest BCUT2D eigenvalue weighted by atomic mass is 79.9. The normalized spacial score (nSPS) is 14.4. The minimum atomic E-state index is -0.211. The molecule has 1 saturated heterocycles. The van der Waals surface area contributed by atoms with E-state index in [1.165, 1.54) is 4.90 Å². The summed E-state index contributed by atoms with van der Waals surface area (Å²) in [6, 6.07) is 5.14. The predicted molar refractivity (Wildman–Crippen MR) is 81.3 cm³/mol. The first-order valence-electron chi connectivity index (χ1n) is 6.58. The van der Waals surface area contributed by atoms with Gasteiger partial charge in [0.2, 0.25) is 5.91 Å². The molecule has 20 heavy (non-hydrogen) atoms. The van der Waals surface area contributed by atoms with E-state index in [9.17, 15) is 9.59 Å². The number of hydrogen-bond donors (Lipinski definition) is 1. The van der Waals surface area contributed by atoms with Crippen molar-refractivity contribution in [1.29, 1.82) is 0 Å². The molecule has 0 spiro atoms. The molecule has 1 aliphatic heterocycles. The zero-order valence-electron chi connectivity index (χ0n) is 11.4. The predicted octanol–water partition coefficient (Wildman–Crippen LogP) is 1.73. The van der Waals surface area contributed by atoms with Crippen LogP contribution in [-0.2, 0) is 4.79 Å². The van der Waals surface area contributed by atoms with Crippen LogP contribution in [0.25, 0.3) is 0 Å². The van der Waals surface area contributed by atoms with Crippen LogP contribution < -0.4 is 5.73 Å². The molecule has 0 saturated carbocycles. The zero-order chi connectivity index (χ0) is 14.7. The van der Waals surface area contributed by atoms with Crippen LogP contribution in [0.2, 0.25) is 0 Å². The van der Waals surface area contributed by atoms with Gasteiger partial charge >= 0.3 is 0 Å². The molecule has 2 amide bonds. The topological polar surface area (TPSA) is 66.6 Å². The van der Waals surface area contributed by atoms with Crippen LogP contribution in [0.3, 0.4) is 0 Å². The van der Waals surface area contributed by atoms with Gasteiger partial charge in [0.05, 0.1) is 16.6 Å². The fraction of sp³-hybridized carbons (Fsp3) is 0.429. The van der Waals surface area contributed by atoms with E-state index in [1.54, 1.807) is 30.1 Å². The fourth-order valence-corrected chi connectivity index (χ4v) is 2.70. The summed E-state index contributed by atoms with van der Waals surface area (Å²) >= 11 is 3.31. The Bertz CT molecular complexity index is 527. The Labute approximate surface area is 126 Å². The second kappa shape index (κ2) is 6.26. The van der Waals surface area contributed by atoms with Gasteiger partial charge in [-0.1, -0.05) is 6.07 Å². The third kappa shape index (κ3) is 3.12. The Morgan fingerprint density at radius 2 is 2.00 bits per heavy atom. The van der Waals surface area contributed by atoms with Gasteiger partial charge in [0.1, 0.15) is 0 Å². The summed E-state index contributed by atoms with van der Waals surface area (Å²) in [6.45, 7) is 1.69. The maximum atomic E-state index is 12.3. The molecule has 108 valence electrons. The second-order valence-electron chi connectivity index (χ2n) is 4.96. The first kappa shape index (κ1) is 14.8.